The number of hydrogen-bond acceptors (Lipinski definition) is 4. The van der Waals surface area contributed by atoms with Crippen LogP contribution in [0.3, 0.4) is 0 Å². The Labute approximate surface area is 174 Å². The van der Waals surface area contributed by atoms with E-state index in [4.69, 9.17) is 9.41 Å². The third-order valence-electron chi connectivity index (χ3n) is 5.41. The monoisotopic (exact) mass is 397 g/mol. The topological polar surface area (TPSA) is 65.7 Å². The molecule has 1 aliphatic heterocycles. The predicted octanol–water partition coefficient (Wildman–Crippen LogP) is 3.78. The van der Waals surface area contributed by atoms with E-state index < -0.39 is 0 Å². The molecule has 2 N–H and O–H groups in total. The fourth-order valence-corrected chi connectivity index (χ4v) is 3.72. The second kappa shape index (κ2) is 10.4. The Balaban J connectivity index is 1.53. The second-order valence-electron chi connectivity index (χ2n) is 8.10. The number of aromatic nitrogens is 1. The van der Waals surface area contributed by atoms with Crippen molar-refractivity contribution in [1.82, 2.24) is 20.5 Å². The molecule has 6 heteroatoms. The third-order valence-corrected chi connectivity index (χ3v) is 5.41. The Bertz CT molecular complexity index is 777. The Morgan fingerprint density at radius 2 is 1.97 bits per heavy atom. The summed E-state index contributed by atoms with van der Waals surface area (Å²) in [6.45, 7) is 13.8. The van der Waals surface area contributed by atoms with Crippen molar-refractivity contribution in [3.63, 3.8) is 0 Å². The molecule has 29 heavy (non-hydrogen) atoms. The standard InChI is InChI=1S/C23H35N5O/c1-5-24-23(26-14-22-27-18(3)19(4)29-22)25-13-20-8-10-21(11-9-20)16-28-12-6-7-17(2)15-28/h8-11,17H,5-7,12-16H2,1-4H3,(H2,24,25,26). The lowest BCUT2D eigenvalue weighted by Gasteiger charge is -2.30. The molecule has 0 amide bonds. The van der Waals surface area contributed by atoms with E-state index in [-0.39, 0.29) is 0 Å². The van der Waals surface area contributed by atoms with Crippen molar-refractivity contribution in [2.45, 2.75) is 60.2 Å². The molecule has 1 saturated heterocycles. The molecule has 0 bridgehead atoms. The van der Waals surface area contributed by atoms with Gasteiger partial charge in [-0.1, -0.05) is 31.2 Å². The maximum absolute atomic E-state index is 5.63. The van der Waals surface area contributed by atoms with Crippen LogP contribution in [0.25, 0.3) is 0 Å². The minimum absolute atomic E-state index is 0.522. The first-order valence-electron chi connectivity index (χ1n) is 10.8. The van der Waals surface area contributed by atoms with Gasteiger partial charge in [0.15, 0.2) is 5.96 Å². The molecular formula is C23H35N5O. The number of oxazole rings is 1. The molecule has 1 aromatic heterocycles. The number of hydrogen-bond donors (Lipinski definition) is 2. The number of guanidine groups is 1. The summed E-state index contributed by atoms with van der Waals surface area (Å²) in [5.41, 5.74) is 3.52. The molecule has 1 aliphatic rings. The predicted molar refractivity (Wildman–Crippen MR) is 118 cm³/mol. The summed E-state index contributed by atoms with van der Waals surface area (Å²) in [4.78, 5) is 11.7. The molecule has 1 atom stereocenters. The van der Waals surface area contributed by atoms with Crippen molar-refractivity contribution in [1.29, 1.82) is 0 Å². The zero-order valence-electron chi connectivity index (χ0n) is 18.3. The first kappa shape index (κ1) is 21.4. The van der Waals surface area contributed by atoms with Gasteiger partial charge in [0.1, 0.15) is 5.76 Å². The van der Waals surface area contributed by atoms with Gasteiger partial charge in [0, 0.05) is 19.6 Å². The van der Waals surface area contributed by atoms with E-state index >= 15 is 0 Å². The van der Waals surface area contributed by atoms with Gasteiger partial charge in [-0.2, -0.15) is 0 Å². The first-order chi connectivity index (χ1) is 14.0. The van der Waals surface area contributed by atoms with Crippen molar-refractivity contribution in [2.75, 3.05) is 19.6 Å². The minimum Gasteiger partial charge on any atom is -0.444 e. The van der Waals surface area contributed by atoms with Gasteiger partial charge in [-0.3, -0.25) is 4.90 Å². The van der Waals surface area contributed by atoms with E-state index in [0.29, 0.717) is 19.0 Å². The number of benzene rings is 1. The zero-order chi connectivity index (χ0) is 20.6. The smallest absolute Gasteiger partial charge is 0.214 e. The summed E-state index contributed by atoms with van der Waals surface area (Å²) in [5.74, 6) is 3.13. The molecule has 2 aromatic rings. The quantitative estimate of drug-likeness (QED) is 0.550. The number of piperidine rings is 1. The van der Waals surface area contributed by atoms with E-state index in [0.717, 1.165) is 36.4 Å². The highest BCUT2D eigenvalue weighted by molar-refractivity contribution is 5.79. The summed E-state index contributed by atoms with van der Waals surface area (Å²) in [5, 5.41) is 6.57. The largest absolute Gasteiger partial charge is 0.444 e. The zero-order valence-corrected chi connectivity index (χ0v) is 18.3. The number of nitrogens with zero attached hydrogens (tertiary/aromatic N) is 3. The fourth-order valence-electron chi connectivity index (χ4n) is 3.72. The average molecular weight is 398 g/mol. The van der Waals surface area contributed by atoms with Crippen LogP contribution in [0.5, 0.6) is 0 Å². The van der Waals surface area contributed by atoms with Crippen LogP contribution in [0.15, 0.2) is 33.7 Å². The minimum atomic E-state index is 0.522. The van der Waals surface area contributed by atoms with Crippen LogP contribution >= 0.6 is 0 Å². The van der Waals surface area contributed by atoms with Gasteiger partial charge in [0.25, 0.3) is 0 Å². The second-order valence-corrected chi connectivity index (χ2v) is 8.10. The van der Waals surface area contributed by atoms with Gasteiger partial charge in [0.2, 0.25) is 5.89 Å². The van der Waals surface area contributed by atoms with Crippen molar-refractivity contribution in [2.24, 2.45) is 10.9 Å². The summed E-state index contributed by atoms with van der Waals surface area (Å²) in [6, 6.07) is 8.86. The highest BCUT2D eigenvalue weighted by atomic mass is 16.4. The maximum Gasteiger partial charge on any atom is 0.214 e. The van der Waals surface area contributed by atoms with E-state index in [1.165, 1.54) is 37.1 Å². The number of rotatable bonds is 7. The molecule has 1 unspecified atom stereocenters. The van der Waals surface area contributed by atoms with Crippen LogP contribution in [0.1, 0.15) is 55.2 Å². The number of likely N-dealkylation sites (tertiary alicyclic amines) is 1. The van der Waals surface area contributed by atoms with Gasteiger partial charge in [-0.25, -0.2) is 9.98 Å². The highest BCUT2D eigenvalue weighted by Crippen LogP contribution is 2.18. The molecule has 1 aromatic carbocycles. The lowest BCUT2D eigenvalue weighted by molar-refractivity contribution is 0.176. The van der Waals surface area contributed by atoms with Crippen molar-refractivity contribution in [3.05, 3.63) is 52.7 Å². The summed E-state index contributed by atoms with van der Waals surface area (Å²) in [7, 11) is 0. The molecule has 3 rings (SSSR count). The van der Waals surface area contributed by atoms with E-state index in [1.807, 2.05) is 13.8 Å². The molecule has 158 valence electrons. The van der Waals surface area contributed by atoms with Crippen LogP contribution in [0.2, 0.25) is 0 Å². The van der Waals surface area contributed by atoms with Crippen LogP contribution in [0, 0.1) is 19.8 Å². The summed E-state index contributed by atoms with van der Waals surface area (Å²) >= 11 is 0. The molecule has 0 spiro atoms. The Morgan fingerprint density at radius 1 is 1.21 bits per heavy atom. The number of aryl methyl sites for hydroxylation is 2. The highest BCUT2D eigenvalue weighted by Gasteiger charge is 2.16. The van der Waals surface area contributed by atoms with Crippen LogP contribution in [-0.4, -0.2) is 35.5 Å². The fraction of sp³-hybridized carbons (Fsp3) is 0.565. The lowest BCUT2D eigenvalue weighted by atomic mass is 9.99. The van der Waals surface area contributed by atoms with E-state index in [9.17, 15) is 0 Å². The first-order valence-corrected chi connectivity index (χ1v) is 10.8. The van der Waals surface area contributed by atoms with E-state index in [1.54, 1.807) is 0 Å². The van der Waals surface area contributed by atoms with Gasteiger partial charge < -0.3 is 15.1 Å². The normalized spacial score (nSPS) is 18.1. The van der Waals surface area contributed by atoms with Crippen molar-refractivity contribution in [3.8, 4) is 0 Å². The Hall–Kier alpha value is -2.34. The van der Waals surface area contributed by atoms with Crippen LogP contribution in [-0.2, 0) is 19.6 Å². The molecule has 2 heterocycles. The van der Waals surface area contributed by atoms with E-state index in [2.05, 4.69) is 58.6 Å². The number of aliphatic imine (C=N–C) groups is 1. The molecule has 0 aliphatic carbocycles. The Kier molecular flexibility index (Phi) is 7.69. The molecule has 1 fully saturated rings. The third kappa shape index (κ3) is 6.60. The van der Waals surface area contributed by atoms with Crippen molar-refractivity contribution < 1.29 is 4.42 Å². The SMILES string of the molecule is CCNC(=NCc1ccc(CN2CCCC(C)C2)cc1)NCc1nc(C)c(C)o1. The molecule has 0 saturated carbocycles. The molecule has 6 nitrogen and oxygen atoms in total. The summed E-state index contributed by atoms with van der Waals surface area (Å²) < 4.78 is 5.63. The molecule has 0 radical (unpaired) electrons. The van der Waals surface area contributed by atoms with Gasteiger partial charge in [-0.05, 0) is 57.2 Å². The molecular weight excluding hydrogens is 362 g/mol. The number of nitrogens with one attached hydrogen (secondary N) is 2. The van der Waals surface area contributed by atoms with Crippen LogP contribution in [0.4, 0.5) is 0 Å². The lowest BCUT2D eigenvalue weighted by Crippen LogP contribution is -2.36. The average Bonchev–Trinajstić information content (AvgIpc) is 3.03. The van der Waals surface area contributed by atoms with Gasteiger partial charge in [-0.15, -0.1) is 0 Å². The summed E-state index contributed by atoms with van der Waals surface area (Å²) in [6.07, 6.45) is 2.69. The van der Waals surface area contributed by atoms with Gasteiger partial charge in [0.05, 0.1) is 18.8 Å². The van der Waals surface area contributed by atoms with Crippen LogP contribution < -0.4 is 10.6 Å². The van der Waals surface area contributed by atoms with Crippen molar-refractivity contribution >= 4 is 5.96 Å². The Morgan fingerprint density at radius 3 is 2.62 bits per heavy atom. The maximum atomic E-state index is 5.63. The van der Waals surface area contributed by atoms with Gasteiger partial charge >= 0.3 is 0 Å².